The number of carbonyl (C=O) groups is 1. The van der Waals surface area contributed by atoms with Gasteiger partial charge >= 0.3 is 6.18 Å². The van der Waals surface area contributed by atoms with Crippen LogP contribution in [-0.2, 0) is 6.18 Å². The Labute approximate surface area is 190 Å². The van der Waals surface area contributed by atoms with Crippen LogP contribution < -0.4 is 0 Å². The summed E-state index contributed by atoms with van der Waals surface area (Å²) in [5.41, 5.74) is 0.540. The molecule has 0 unspecified atom stereocenters. The Kier molecular flexibility index (Phi) is 6.29. The molecule has 4 aromatic rings. The highest BCUT2D eigenvalue weighted by atomic mass is 35.5. The smallest absolute Gasteiger partial charge is 0.293 e. The topological polar surface area (TPSA) is 60.7 Å². The Morgan fingerprint density at radius 3 is 2.41 bits per heavy atom. The number of nitrogens with zero attached hydrogens (tertiary/aromatic N) is 4. The van der Waals surface area contributed by atoms with Crippen LogP contribution in [0.3, 0.4) is 0 Å². The van der Waals surface area contributed by atoms with Gasteiger partial charge in [0.15, 0.2) is 16.8 Å². The van der Waals surface area contributed by atoms with Crippen molar-refractivity contribution in [1.82, 2.24) is 19.7 Å². The van der Waals surface area contributed by atoms with E-state index in [9.17, 15) is 18.0 Å². The van der Waals surface area contributed by atoms with Gasteiger partial charge in [0.2, 0.25) is 0 Å². The van der Waals surface area contributed by atoms with Gasteiger partial charge in [-0.2, -0.15) is 13.2 Å². The molecule has 0 saturated heterocycles. The zero-order valence-corrected chi connectivity index (χ0v) is 17.8. The molecule has 0 saturated carbocycles. The van der Waals surface area contributed by atoms with E-state index in [0.29, 0.717) is 27.1 Å². The molecular weight excluding hydrogens is 461 g/mol. The molecule has 0 aliphatic rings. The predicted octanol–water partition coefficient (Wildman–Crippen LogP) is 5.98. The first-order chi connectivity index (χ1) is 15.3. The van der Waals surface area contributed by atoms with E-state index in [4.69, 9.17) is 11.6 Å². The summed E-state index contributed by atoms with van der Waals surface area (Å²) in [6.07, 6.45) is -1.40. The standard InChI is InChI=1S/C22H14ClF3N4OS/c23-17-6-4-14(5-7-17)19(31)13-32-21-29-28-20(15-8-10-27-11-9-15)30(21)18-3-1-2-16(12-18)22(24,25)26/h1-12H,13H2. The number of aromatic nitrogens is 4. The van der Waals surface area contributed by atoms with Crippen LogP contribution in [0.25, 0.3) is 17.1 Å². The number of carbonyl (C=O) groups excluding carboxylic acids is 1. The lowest BCUT2D eigenvalue weighted by atomic mass is 10.1. The van der Waals surface area contributed by atoms with Gasteiger partial charge in [-0.3, -0.25) is 14.3 Å². The fraction of sp³-hybridized carbons (Fsp3) is 0.0909. The van der Waals surface area contributed by atoms with Crippen molar-refractivity contribution in [2.75, 3.05) is 5.75 Å². The second-order valence-electron chi connectivity index (χ2n) is 6.64. The van der Waals surface area contributed by atoms with Gasteiger partial charge in [-0.15, -0.1) is 10.2 Å². The predicted molar refractivity (Wildman–Crippen MR) is 116 cm³/mol. The number of halogens is 4. The van der Waals surface area contributed by atoms with E-state index in [1.54, 1.807) is 48.8 Å². The molecule has 2 aromatic heterocycles. The number of pyridine rings is 1. The van der Waals surface area contributed by atoms with Gasteiger partial charge in [0.25, 0.3) is 0 Å². The molecule has 162 valence electrons. The monoisotopic (exact) mass is 474 g/mol. The van der Waals surface area contributed by atoms with Crippen molar-refractivity contribution in [3.05, 3.63) is 89.2 Å². The molecule has 5 nitrogen and oxygen atoms in total. The third-order valence-corrected chi connectivity index (χ3v) is 5.68. The van der Waals surface area contributed by atoms with Crippen LogP contribution in [0.15, 0.2) is 78.2 Å². The zero-order chi connectivity index (χ0) is 22.7. The number of ketones is 1. The number of alkyl halides is 3. The maximum absolute atomic E-state index is 13.3. The highest BCUT2D eigenvalue weighted by molar-refractivity contribution is 7.99. The number of Topliss-reactive ketones (excluding diaryl/α,β-unsaturated/α-hetero) is 1. The summed E-state index contributed by atoms with van der Waals surface area (Å²) in [4.78, 5) is 16.5. The zero-order valence-electron chi connectivity index (χ0n) is 16.3. The summed E-state index contributed by atoms with van der Waals surface area (Å²) in [7, 11) is 0. The van der Waals surface area contributed by atoms with Gasteiger partial charge in [0, 0.05) is 28.5 Å². The molecule has 4 rings (SSSR count). The molecule has 2 aromatic carbocycles. The third kappa shape index (κ3) is 4.84. The number of hydrogen-bond acceptors (Lipinski definition) is 5. The molecule has 0 radical (unpaired) electrons. The molecule has 0 aliphatic heterocycles. The molecule has 0 N–H and O–H groups in total. The Hall–Kier alpha value is -3.17. The lowest BCUT2D eigenvalue weighted by Crippen LogP contribution is -2.08. The quantitative estimate of drug-likeness (QED) is 0.254. The van der Waals surface area contributed by atoms with Crippen LogP contribution in [0.5, 0.6) is 0 Å². The number of thioether (sulfide) groups is 1. The van der Waals surface area contributed by atoms with Gasteiger partial charge in [-0.05, 0) is 54.6 Å². The van der Waals surface area contributed by atoms with Crippen molar-refractivity contribution in [3.8, 4) is 17.1 Å². The molecule has 0 amide bonds. The summed E-state index contributed by atoms with van der Waals surface area (Å²) in [6.45, 7) is 0. The normalized spacial score (nSPS) is 11.5. The van der Waals surface area contributed by atoms with Crippen LogP contribution >= 0.6 is 23.4 Å². The van der Waals surface area contributed by atoms with Crippen molar-refractivity contribution in [3.63, 3.8) is 0 Å². The van der Waals surface area contributed by atoms with Crippen molar-refractivity contribution in [1.29, 1.82) is 0 Å². The van der Waals surface area contributed by atoms with E-state index in [1.165, 1.54) is 16.7 Å². The fourth-order valence-electron chi connectivity index (χ4n) is 2.95. The van der Waals surface area contributed by atoms with Crippen molar-refractivity contribution < 1.29 is 18.0 Å². The van der Waals surface area contributed by atoms with Gasteiger partial charge in [-0.1, -0.05) is 29.4 Å². The summed E-state index contributed by atoms with van der Waals surface area (Å²) < 4.78 is 41.4. The minimum Gasteiger partial charge on any atom is -0.293 e. The van der Waals surface area contributed by atoms with Crippen LogP contribution in [0.4, 0.5) is 13.2 Å². The average Bonchev–Trinajstić information content (AvgIpc) is 3.22. The lowest BCUT2D eigenvalue weighted by molar-refractivity contribution is -0.137. The molecule has 0 fully saturated rings. The summed E-state index contributed by atoms with van der Waals surface area (Å²) >= 11 is 6.95. The molecule has 2 heterocycles. The third-order valence-electron chi connectivity index (χ3n) is 4.50. The summed E-state index contributed by atoms with van der Waals surface area (Å²) in [5.74, 6) is 0.193. The number of rotatable bonds is 6. The van der Waals surface area contributed by atoms with Crippen LogP contribution in [0.1, 0.15) is 15.9 Å². The van der Waals surface area contributed by atoms with E-state index in [-0.39, 0.29) is 17.2 Å². The van der Waals surface area contributed by atoms with E-state index in [2.05, 4.69) is 15.2 Å². The van der Waals surface area contributed by atoms with Gasteiger partial charge in [0.1, 0.15) is 0 Å². The molecule has 0 atom stereocenters. The van der Waals surface area contributed by atoms with Crippen molar-refractivity contribution in [2.45, 2.75) is 11.3 Å². The van der Waals surface area contributed by atoms with Gasteiger partial charge in [0.05, 0.1) is 17.0 Å². The van der Waals surface area contributed by atoms with Crippen LogP contribution in [0, 0.1) is 0 Å². The van der Waals surface area contributed by atoms with E-state index in [1.807, 2.05) is 0 Å². The maximum atomic E-state index is 13.3. The Morgan fingerprint density at radius 1 is 1.00 bits per heavy atom. The first kappa shape index (κ1) is 22.0. The van der Waals surface area contributed by atoms with Crippen molar-refractivity contribution >= 4 is 29.1 Å². The first-order valence-corrected chi connectivity index (χ1v) is 10.6. The molecule has 10 heteroatoms. The Balaban J connectivity index is 1.71. The largest absolute Gasteiger partial charge is 0.416 e. The van der Waals surface area contributed by atoms with Gasteiger partial charge < -0.3 is 0 Å². The molecular formula is C22H14ClF3N4OS. The van der Waals surface area contributed by atoms with E-state index >= 15 is 0 Å². The molecule has 32 heavy (non-hydrogen) atoms. The lowest BCUT2D eigenvalue weighted by Gasteiger charge is -2.13. The summed E-state index contributed by atoms with van der Waals surface area (Å²) in [6, 6.07) is 14.7. The first-order valence-electron chi connectivity index (χ1n) is 9.28. The van der Waals surface area contributed by atoms with E-state index < -0.39 is 11.7 Å². The summed E-state index contributed by atoms with van der Waals surface area (Å²) in [5, 5.41) is 9.12. The Morgan fingerprint density at radius 2 is 1.72 bits per heavy atom. The second-order valence-corrected chi connectivity index (χ2v) is 8.02. The van der Waals surface area contributed by atoms with Crippen molar-refractivity contribution in [2.24, 2.45) is 0 Å². The Bertz CT molecular complexity index is 1240. The average molecular weight is 475 g/mol. The van der Waals surface area contributed by atoms with Crippen LogP contribution in [-0.4, -0.2) is 31.3 Å². The SMILES string of the molecule is O=C(CSc1nnc(-c2ccncc2)n1-c1cccc(C(F)(F)F)c1)c1ccc(Cl)cc1. The molecule has 0 bridgehead atoms. The fourth-order valence-corrected chi connectivity index (χ4v) is 3.93. The maximum Gasteiger partial charge on any atom is 0.416 e. The van der Waals surface area contributed by atoms with E-state index in [0.717, 1.165) is 23.9 Å². The highest BCUT2D eigenvalue weighted by Crippen LogP contribution is 2.33. The number of hydrogen-bond donors (Lipinski definition) is 0. The van der Waals surface area contributed by atoms with Gasteiger partial charge in [-0.25, -0.2) is 0 Å². The molecule has 0 spiro atoms. The second kappa shape index (κ2) is 9.13. The molecule has 0 aliphatic carbocycles. The van der Waals surface area contributed by atoms with Crippen LogP contribution in [0.2, 0.25) is 5.02 Å². The highest BCUT2D eigenvalue weighted by Gasteiger charge is 2.31. The number of benzene rings is 2. The minimum absolute atomic E-state index is 0.0229. The minimum atomic E-state index is -4.50.